The zero-order valence-corrected chi connectivity index (χ0v) is 11.9. The molecular weight excluding hydrogens is 210 g/mol. The van der Waals surface area contributed by atoms with E-state index in [2.05, 4.69) is 39.1 Å². The van der Waals surface area contributed by atoms with Crippen molar-refractivity contribution in [3.05, 3.63) is 23.7 Å². The van der Waals surface area contributed by atoms with Crippen LogP contribution in [-0.4, -0.2) is 6.04 Å². The topological polar surface area (TPSA) is 25.2 Å². The van der Waals surface area contributed by atoms with E-state index in [0.717, 1.165) is 17.4 Å². The molecule has 1 aromatic rings. The predicted molar refractivity (Wildman–Crippen MR) is 73.1 cm³/mol. The summed E-state index contributed by atoms with van der Waals surface area (Å²) >= 11 is 0. The van der Waals surface area contributed by atoms with Crippen molar-refractivity contribution in [3.8, 4) is 0 Å². The molecule has 0 amide bonds. The Morgan fingerprint density at radius 1 is 1.12 bits per heavy atom. The van der Waals surface area contributed by atoms with Crippen molar-refractivity contribution < 1.29 is 4.42 Å². The highest BCUT2D eigenvalue weighted by Crippen LogP contribution is 2.17. The maximum Gasteiger partial charge on any atom is 0.120 e. The Bertz CT molecular complexity index is 316. The summed E-state index contributed by atoms with van der Waals surface area (Å²) in [6.45, 7) is 11.0. The molecule has 1 aromatic heterocycles. The van der Waals surface area contributed by atoms with Crippen molar-refractivity contribution in [1.29, 1.82) is 0 Å². The molecule has 0 aromatic carbocycles. The van der Waals surface area contributed by atoms with Gasteiger partial charge in [-0.3, -0.25) is 0 Å². The average Bonchev–Trinajstić information content (AvgIpc) is 2.64. The fourth-order valence-electron chi connectivity index (χ4n) is 2.11. The largest absolute Gasteiger partial charge is 0.465 e. The first kappa shape index (κ1) is 14.3. The Labute approximate surface area is 106 Å². The van der Waals surface area contributed by atoms with E-state index in [1.54, 1.807) is 0 Å². The van der Waals surface area contributed by atoms with E-state index in [-0.39, 0.29) is 0 Å². The Morgan fingerprint density at radius 3 is 2.35 bits per heavy atom. The first-order chi connectivity index (χ1) is 7.99. The highest BCUT2D eigenvalue weighted by Gasteiger charge is 2.12. The first-order valence-corrected chi connectivity index (χ1v) is 6.81. The van der Waals surface area contributed by atoms with Crippen LogP contribution >= 0.6 is 0 Å². The van der Waals surface area contributed by atoms with Crippen LogP contribution in [0, 0.1) is 12.8 Å². The second-order valence-corrected chi connectivity index (χ2v) is 5.56. The maximum atomic E-state index is 5.63. The summed E-state index contributed by atoms with van der Waals surface area (Å²) < 4.78 is 5.63. The van der Waals surface area contributed by atoms with Gasteiger partial charge in [-0.1, -0.05) is 26.7 Å². The Balaban J connectivity index is 2.28. The molecule has 2 atom stereocenters. The van der Waals surface area contributed by atoms with Gasteiger partial charge in [0.05, 0.1) is 6.04 Å². The van der Waals surface area contributed by atoms with Gasteiger partial charge in [-0.05, 0) is 45.2 Å². The smallest absolute Gasteiger partial charge is 0.120 e. The normalized spacial score (nSPS) is 15.2. The lowest BCUT2D eigenvalue weighted by Gasteiger charge is -2.18. The summed E-state index contributed by atoms with van der Waals surface area (Å²) in [5.41, 5.74) is 0. The lowest BCUT2D eigenvalue weighted by molar-refractivity contribution is 0.370. The van der Waals surface area contributed by atoms with Crippen LogP contribution in [-0.2, 0) is 0 Å². The van der Waals surface area contributed by atoms with E-state index in [4.69, 9.17) is 4.42 Å². The van der Waals surface area contributed by atoms with E-state index < -0.39 is 0 Å². The van der Waals surface area contributed by atoms with Crippen LogP contribution in [0.3, 0.4) is 0 Å². The summed E-state index contributed by atoms with van der Waals surface area (Å²) in [5, 5.41) is 3.59. The number of aryl methyl sites for hydroxylation is 1. The van der Waals surface area contributed by atoms with Gasteiger partial charge >= 0.3 is 0 Å². The van der Waals surface area contributed by atoms with Crippen LogP contribution in [0.4, 0.5) is 0 Å². The molecule has 0 radical (unpaired) electrons. The summed E-state index contributed by atoms with van der Waals surface area (Å²) in [6, 6.07) is 4.94. The zero-order valence-electron chi connectivity index (χ0n) is 11.9. The minimum atomic E-state index is 0.303. The minimum Gasteiger partial charge on any atom is -0.465 e. The maximum absolute atomic E-state index is 5.63. The molecule has 98 valence electrons. The fourth-order valence-corrected chi connectivity index (χ4v) is 2.11. The Morgan fingerprint density at radius 2 is 1.82 bits per heavy atom. The summed E-state index contributed by atoms with van der Waals surface area (Å²) in [5.74, 6) is 2.84. The van der Waals surface area contributed by atoms with Crippen LogP contribution in [0.25, 0.3) is 0 Å². The standard InChI is InChI=1S/C15H27NO/c1-11(2)7-6-8-12(3)16-14(5)15-10-9-13(4)17-15/h9-12,14,16H,6-8H2,1-5H3. The van der Waals surface area contributed by atoms with Crippen LogP contribution < -0.4 is 5.32 Å². The zero-order chi connectivity index (χ0) is 12.8. The third-order valence-corrected chi connectivity index (χ3v) is 3.14. The molecule has 0 aliphatic heterocycles. The average molecular weight is 237 g/mol. The van der Waals surface area contributed by atoms with E-state index in [9.17, 15) is 0 Å². The quantitative estimate of drug-likeness (QED) is 0.757. The molecule has 1 rings (SSSR count). The molecule has 0 fully saturated rings. The second kappa shape index (κ2) is 6.85. The number of nitrogens with one attached hydrogen (secondary N) is 1. The van der Waals surface area contributed by atoms with Crippen molar-refractivity contribution in [3.63, 3.8) is 0 Å². The van der Waals surface area contributed by atoms with Gasteiger partial charge in [-0.25, -0.2) is 0 Å². The third kappa shape index (κ3) is 5.40. The molecule has 2 unspecified atom stereocenters. The molecule has 2 heteroatoms. The van der Waals surface area contributed by atoms with Gasteiger partial charge in [-0.2, -0.15) is 0 Å². The molecule has 2 nitrogen and oxygen atoms in total. The van der Waals surface area contributed by atoms with E-state index in [0.29, 0.717) is 12.1 Å². The molecule has 0 aliphatic carbocycles. The highest BCUT2D eigenvalue weighted by molar-refractivity contribution is 5.08. The molecule has 0 saturated heterocycles. The number of hydrogen-bond acceptors (Lipinski definition) is 2. The van der Waals surface area contributed by atoms with Crippen LogP contribution in [0.5, 0.6) is 0 Å². The Hall–Kier alpha value is -0.760. The van der Waals surface area contributed by atoms with Gasteiger partial charge in [0.15, 0.2) is 0 Å². The summed E-state index contributed by atoms with van der Waals surface area (Å²) in [4.78, 5) is 0. The predicted octanol–water partition coefficient (Wildman–Crippen LogP) is 4.45. The second-order valence-electron chi connectivity index (χ2n) is 5.56. The number of furan rings is 1. The summed E-state index contributed by atoms with van der Waals surface area (Å²) in [7, 11) is 0. The Kier molecular flexibility index (Phi) is 5.76. The SMILES string of the molecule is Cc1ccc(C(C)NC(C)CCCC(C)C)o1. The molecule has 0 saturated carbocycles. The molecule has 0 aliphatic rings. The molecule has 0 spiro atoms. The molecular formula is C15H27NO. The van der Waals surface area contributed by atoms with Gasteiger partial charge in [0.1, 0.15) is 11.5 Å². The first-order valence-electron chi connectivity index (χ1n) is 6.81. The van der Waals surface area contributed by atoms with Crippen molar-refractivity contribution in [1.82, 2.24) is 5.32 Å². The van der Waals surface area contributed by atoms with Gasteiger partial charge in [-0.15, -0.1) is 0 Å². The lowest BCUT2D eigenvalue weighted by Crippen LogP contribution is -2.28. The molecule has 1 heterocycles. The number of rotatable bonds is 7. The van der Waals surface area contributed by atoms with E-state index in [1.165, 1.54) is 19.3 Å². The van der Waals surface area contributed by atoms with Crippen molar-refractivity contribution in [2.45, 2.75) is 66.0 Å². The summed E-state index contributed by atoms with van der Waals surface area (Å²) in [6.07, 6.45) is 3.86. The van der Waals surface area contributed by atoms with Gasteiger partial charge < -0.3 is 9.73 Å². The van der Waals surface area contributed by atoms with Crippen LogP contribution in [0.2, 0.25) is 0 Å². The van der Waals surface area contributed by atoms with Crippen LogP contribution in [0.15, 0.2) is 16.5 Å². The van der Waals surface area contributed by atoms with Gasteiger partial charge in [0.25, 0.3) is 0 Å². The molecule has 17 heavy (non-hydrogen) atoms. The van der Waals surface area contributed by atoms with Gasteiger partial charge in [0, 0.05) is 6.04 Å². The van der Waals surface area contributed by atoms with Crippen molar-refractivity contribution in [2.24, 2.45) is 5.92 Å². The molecule has 1 N–H and O–H groups in total. The van der Waals surface area contributed by atoms with Gasteiger partial charge in [0.2, 0.25) is 0 Å². The van der Waals surface area contributed by atoms with Crippen LogP contribution in [0.1, 0.15) is 64.5 Å². The van der Waals surface area contributed by atoms with Crippen molar-refractivity contribution in [2.75, 3.05) is 0 Å². The third-order valence-electron chi connectivity index (χ3n) is 3.14. The fraction of sp³-hybridized carbons (Fsp3) is 0.733. The van der Waals surface area contributed by atoms with Crippen molar-refractivity contribution >= 4 is 0 Å². The lowest BCUT2D eigenvalue weighted by atomic mass is 10.0. The number of hydrogen-bond donors (Lipinski definition) is 1. The molecule has 0 bridgehead atoms. The highest BCUT2D eigenvalue weighted by atomic mass is 16.3. The van der Waals surface area contributed by atoms with E-state index in [1.807, 2.05) is 13.0 Å². The monoisotopic (exact) mass is 237 g/mol. The van der Waals surface area contributed by atoms with E-state index >= 15 is 0 Å². The minimum absolute atomic E-state index is 0.303.